The van der Waals surface area contributed by atoms with Crippen LogP contribution in [0.2, 0.25) is 0 Å². The molecule has 0 spiro atoms. The fourth-order valence-corrected chi connectivity index (χ4v) is 1.49. The highest BCUT2D eigenvalue weighted by Gasteiger charge is 2.14. The lowest BCUT2D eigenvalue weighted by molar-refractivity contribution is 0.351. The van der Waals surface area contributed by atoms with Crippen molar-refractivity contribution in [3.05, 3.63) is 41.0 Å². The van der Waals surface area contributed by atoms with Crippen molar-refractivity contribution >= 4 is 0 Å². The van der Waals surface area contributed by atoms with Gasteiger partial charge in [-0.1, -0.05) is 17.7 Å². The molecule has 0 aliphatic heterocycles. The average molecular weight is 188 g/mol. The van der Waals surface area contributed by atoms with Gasteiger partial charge in [0.25, 0.3) is 0 Å². The Labute approximate surface area is 85.4 Å². The summed E-state index contributed by atoms with van der Waals surface area (Å²) < 4.78 is 5.69. The summed E-state index contributed by atoms with van der Waals surface area (Å²) in [6, 6.07) is 8.20. The molecule has 0 atom stereocenters. The van der Waals surface area contributed by atoms with Crippen molar-refractivity contribution in [2.75, 3.05) is 6.61 Å². The maximum Gasteiger partial charge on any atom is 0.120 e. The van der Waals surface area contributed by atoms with E-state index in [-0.39, 0.29) is 0 Å². The fraction of sp³-hybridized carbons (Fsp3) is 0.385. The summed E-state index contributed by atoms with van der Waals surface area (Å²) in [6.07, 6.45) is 2.56. The molecule has 1 aliphatic rings. The number of hydrogen-bond donors (Lipinski definition) is 0. The summed E-state index contributed by atoms with van der Waals surface area (Å²) in [5.74, 6) is 0.977. The molecule has 1 aliphatic carbocycles. The Hall–Kier alpha value is -1.24. The van der Waals surface area contributed by atoms with Gasteiger partial charge in [-0.15, -0.1) is 0 Å². The molecule has 0 saturated heterocycles. The quantitative estimate of drug-likeness (QED) is 0.660. The minimum Gasteiger partial charge on any atom is -0.489 e. The van der Waals surface area contributed by atoms with Crippen LogP contribution in [0.15, 0.2) is 35.4 Å². The Kier molecular flexibility index (Phi) is 2.58. The predicted molar refractivity (Wildman–Crippen MR) is 58.6 cm³/mol. The van der Waals surface area contributed by atoms with E-state index in [1.165, 1.54) is 24.0 Å². The van der Waals surface area contributed by atoms with E-state index < -0.39 is 0 Å². The van der Waals surface area contributed by atoms with Gasteiger partial charge in [0.05, 0.1) is 0 Å². The first kappa shape index (κ1) is 9.32. The lowest BCUT2D eigenvalue weighted by atomic mass is 10.2. The molecule has 1 fully saturated rings. The molecule has 1 nitrogen and oxygen atoms in total. The van der Waals surface area contributed by atoms with Crippen LogP contribution in [-0.2, 0) is 0 Å². The molecule has 1 saturated carbocycles. The second kappa shape index (κ2) is 3.87. The van der Waals surface area contributed by atoms with Crippen molar-refractivity contribution in [1.82, 2.24) is 0 Å². The van der Waals surface area contributed by atoms with Crippen LogP contribution in [0.3, 0.4) is 0 Å². The van der Waals surface area contributed by atoms with E-state index >= 15 is 0 Å². The van der Waals surface area contributed by atoms with Gasteiger partial charge in [0, 0.05) is 0 Å². The Morgan fingerprint density at radius 1 is 1.36 bits per heavy atom. The Bertz CT molecular complexity index is 357. The van der Waals surface area contributed by atoms with Crippen molar-refractivity contribution in [2.24, 2.45) is 0 Å². The van der Waals surface area contributed by atoms with E-state index in [0.717, 1.165) is 12.4 Å². The van der Waals surface area contributed by atoms with Crippen LogP contribution in [0, 0.1) is 6.92 Å². The molecule has 74 valence electrons. The van der Waals surface area contributed by atoms with Gasteiger partial charge in [-0.2, -0.15) is 0 Å². The minimum atomic E-state index is 0.749. The van der Waals surface area contributed by atoms with E-state index in [0.29, 0.717) is 0 Å². The molecule has 0 N–H and O–H groups in total. The molecule has 2 rings (SSSR count). The molecule has 0 bridgehead atoms. The summed E-state index contributed by atoms with van der Waals surface area (Å²) >= 11 is 0. The zero-order valence-electron chi connectivity index (χ0n) is 8.84. The minimum absolute atomic E-state index is 0.749. The summed E-state index contributed by atoms with van der Waals surface area (Å²) in [7, 11) is 0. The molecule has 1 heteroatoms. The van der Waals surface area contributed by atoms with Crippen molar-refractivity contribution < 1.29 is 4.74 Å². The highest BCUT2D eigenvalue weighted by atomic mass is 16.5. The molecular formula is C13H16O. The summed E-state index contributed by atoms with van der Waals surface area (Å²) in [6.45, 7) is 5.00. The number of aryl methyl sites for hydroxylation is 1. The van der Waals surface area contributed by atoms with E-state index in [1.807, 2.05) is 12.1 Å². The highest BCUT2D eigenvalue weighted by Crippen LogP contribution is 2.31. The standard InChI is InChI=1S/C13H16O/c1-10-4-3-5-13(8-10)14-9-11(2)12-6-7-12/h3-5,8H,6-7,9H2,1-2H3. The van der Waals surface area contributed by atoms with Crippen LogP contribution in [0.4, 0.5) is 0 Å². The van der Waals surface area contributed by atoms with Gasteiger partial charge < -0.3 is 4.74 Å². The van der Waals surface area contributed by atoms with Crippen LogP contribution in [-0.4, -0.2) is 6.61 Å². The van der Waals surface area contributed by atoms with Gasteiger partial charge in [-0.25, -0.2) is 0 Å². The smallest absolute Gasteiger partial charge is 0.120 e. The third-order valence-electron chi connectivity index (χ3n) is 2.55. The monoisotopic (exact) mass is 188 g/mol. The van der Waals surface area contributed by atoms with Crippen LogP contribution < -0.4 is 4.74 Å². The van der Waals surface area contributed by atoms with E-state index in [2.05, 4.69) is 26.0 Å². The van der Waals surface area contributed by atoms with Gasteiger partial charge in [-0.05, 0) is 50.0 Å². The third-order valence-corrected chi connectivity index (χ3v) is 2.55. The lowest BCUT2D eigenvalue weighted by Crippen LogP contribution is -1.98. The van der Waals surface area contributed by atoms with Crippen molar-refractivity contribution in [3.63, 3.8) is 0 Å². The average Bonchev–Trinajstić information content (AvgIpc) is 2.97. The number of ether oxygens (including phenoxy) is 1. The maximum atomic E-state index is 5.69. The zero-order valence-corrected chi connectivity index (χ0v) is 8.84. The molecule has 14 heavy (non-hydrogen) atoms. The second-order valence-corrected chi connectivity index (χ2v) is 3.99. The maximum absolute atomic E-state index is 5.69. The lowest BCUT2D eigenvalue weighted by Gasteiger charge is -2.06. The zero-order chi connectivity index (χ0) is 9.97. The molecule has 1 aromatic rings. The second-order valence-electron chi connectivity index (χ2n) is 3.99. The molecular weight excluding hydrogens is 172 g/mol. The molecule has 0 amide bonds. The summed E-state index contributed by atoms with van der Waals surface area (Å²) in [5.41, 5.74) is 4.24. The SMILES string of the molecule is CC(COc1cccc(C)c1)=C1CC1. The van der Waals surface area contributed by atoms with Gasteiger partial charge >= 0.3 is 0 Å². The fourth-order valence-electron chi connectivity index (χ4n) is 1.49. The first-order valence-corrected chi connectivity index (χ1v) is 5.12. The van der Waals surface area contributed by atoms with Crippen LogP contribution in [0.1, 0.15) is 25.3 Å². The number of allylic oxidation sites excluding steroid dienone is 1. The summed E-state index contributed by atoms with van der Waals surface area (Å²) in [5, 5.41) is 0. The predicted octanol–water partition coefficient (Wildman–Crippen LogP) is 3.48. The van der Waals surface area contributed by atoms with Crippen LogP contribution >= 0.6 is 0 Å². The molecule has 0 unspecified atom stereocenters. The largest absolute Gasteiger partial charge is 0.489 e. The first-order chi connectivity index (χ1) is 6.75. The number of benzene rings is 1. The normalized spacial score (nSPS) is 14.0. The molecule has 0 heterocycles. The van der Waals surface area contributed by atoms with Crippen LogP contribution in [0.25, 0.3) is 0 Å². The van der Waals surface area contributed by atoms with Crippen molar-refractivity contribution in [1.29, 1.82) is 0 Å². The molecule has 0 radical (unpaired) electrons. The number of rotatable bonds is 3. The van der Waals surface area contributed by atoms with Crippen LogP contribution in [0.5, 0.6) is 5.75 Å². The van der Waals surface area contributed by atoms with Gasteiger partial charge in [-0.3, -0.25) is 0 Å². The van der Waals surface area contributed by atoms with E-state index in [1.54, 1.807) is 5.57 Å². The molecule has 0 aromatic heterocycles. The van der Waals surface area contributed by atoms with Gasteiger partial charge in [0.1, 0.15) is 12.4 Å². The Balaban J connectivity index is 1.95. The third kappa shape index (κ3) is 2.38. The Morgan fingerprint density at radius 2 is 2.14 bits per heavy atom. The van der Waals surface area contributed by atoms with Crippen molar-refractivity contribution in [2.45, 2.75) is 26.7 Å². The first-order valence-electron chi connectivity index (χ1n) is 5.12. The van der Waals surface area contributed by atoms with E-state index in [9.17, 15) is 0 Å². The Morgan fingerprint density at radius 3 is 2.79 bits per heavy atom. The topological polar surface area (TPSA) is 9.23 Å². The molecule has 1 aromatic carbocycles. The van der Waals surface area contributed by atoms with Gasteiger partial charge in [0.2, 0.25) is 0 Å². The highest BCUT2D eigenvalue weighted by molar-refractivity contribution is 5.29. The number of hydrogen-bond acceptors (Lipinski definition) is 1. The summed E-state index contributed by atoms with van der Waals surface area (Å²) in [4.78, 5) is 0. The van der Waals surface area contributed by atoms with Gasteiger partial charge in [0.15, 0.2) is 0 Å². The van der Waals surface area contributed by atoms with E-state index in [4.69, 9.17) is 4.74 Å². The van der Waals surface area contributed by atoms with Crippen molar-refractivity contribution in [3.8, 4) is 5.75 Å².